The van der Waals surface area contributed by atoms with Crippen LogP contribution in [0.2, 0.25) is 0 Å². The summed E-state index contributed by atoms with van der Waals surface area (Å²) in [5.41, 5.74) is 3.42. The number of amides is 2. The van der Waals surface area contributed by atoms with Crippen molar-refractivity contribution in [3.63, 3.8) is 0 Å². The zero-order valence-corrected chi connectivity index (χ0v) is 22.9. The van der Waals surface area contributed by atoms with Crippen LogP contribution in [0.3, 0.4) is 0 Å². The topological polar surface area (TPSA) is 86.8 Å². The normalized spacial score (nSPS) is 12.2. The summed E-state index contributed by atoms with van der Waals surface area (Å²) in [5, 5.41) is 2.77. The van der Waals surface area contributed by atoms with Crippen LogP contribution in [0.1, 0.15) is 43.4 Å². The molecule has 2 aromatic rings. The second-order valence-electron chi connectivity index (χ2n) is 8.51. The lowest BCUT2D eigenvalue weighted by Gasteiger charge is -2.29. The highest BCUT2D eigenvalue weighted by molar-refractivity contribution is 9.10. The fourth-order valence-electron chi connectivity index (χ4n) is 3.84. The minimum Gasteiger partial charge on any atom is -0.355 e. The molecule has 2 amide bonds. The standard InChI is InChI=1S/C25H34BrN3O4S/c1-6-27-25(31)20(4)28(17-21-9-7-10-22(26)16-21)24(30)11-8-12-29(34(5,32)33)23-14-18(2)13-19(3)15-23/h7,9-10,13-16,20H,6,8,11-12,17H2,1-5H3,(H,27,31)/t20-/m1/s1. The van der Waals surface area contributed by atoms with Gasteiger partial charge in [0.05, 0.1) is 11.9 Å². The lowest BCUT2D eigenvalue weighted by Crippen LogP contribution is -2.47. The predicted molar refractivity (Wildman–Crippen MR) is 140 cm³/mol. The molecule has 0 aliphatic carbocycles. The van der Waals surface area contributed by atoms with E-state index in [1.807, 2.05) is 63.2 Å². The van der Waals surface area contributed by atoms with Gasteiger partial charge in [-0.05, 0) is 75.1 Å². The summed E-state index contributed by atoms with van der Waals surface area (Å²) >= 11 is 3.44. The maximum absolute atomic E-state index is 13.2. The molecule has 186 valence electrons. The van der Waals surface area contributed by atoms with Crippen LogP contribution in [-0.4, -0.2) is 50.5 Å². The van der Waals surface area contributed by atoms with E-state index in [0.717, 1.165) is 21.2 Å². The van der Waals surface area contributed by atoms with E-state index in [2.05, 4.69) is 21.2 Å². The Balaban J connectivity index is 2.18. The summed E-state index contributed by atoms with van der Waals surface area (Å²) in [7, 11) is -3.52. The number of nitrogens with one attached hydrogen (secondary N) is 1. The Hall–Kier alpha value is -2.39. The smallest absolute Gasteiger partial charge is 0.242 e. The summed E-state index contributed by atoms with van der Waals surface area (Å²) < 4.78 is 27.2. The van der Waals surface area contributed by atoms with Crippen molar-refractivity contribution in [3.05, 3.63) is 63.6 Å². The number of carbonyl (C=O) groups excluding carboxylic acids is 2. The van der Waals surface area contributed by atoms with Crippen LogP contribution in [0, 0.1) is 13.8 Å². The Kier molecular flexibility index (Phi) is 10.1. The van der Waals surface area contributed by atoms with E-state index in [9.17, 15) is 18.0 Å². The molecule has 2 aromatic carbocycles. The molecule has 0 spiro atoms. The van der Waals surface area contributed by atoms with E-state index in [1.165, 1.54) is 10.6 Å². The van der Waals surface area contributed by atoms with Crippen molar-refractivity contribution in [2.24, 2.45) is 0 Å². The Labute approximate surface area is 211 Å². The average molecular weight is 553 g/mol. The highest BCUT2D eigenvalue weighted by atomic mass is 79.9. The zero-order valence-electron chi connectivity index (χ0n) is 20.5. The Morgan fingerprint density at radius 2 is 1.74 bits per heavy atom. The highest BCUT2D eigenvalue weighted by Crippen LogP contribution is 2.22. The first-order valence-electron chi connectivity index (χ1n) is 11.3. The fourth-order valence-corrected chi connectivity index (χ4v) is 5.23. The number of nitrogens with zero attached hydrogens (tertiary/aromatic N) is 2. The monoisotopic (exact) mass is 551 g/mol. The van der Waals surface area contributed by atoms with E-state index >= 15 is 0 Å². The first-order valence-corrected chi connectivity index (χ1v) is 13.9. The van der Waals surface area contributed by atoms with E-state index in [1.54, 1.807) is 11.8 Å². The van der Waals surface area contributed by atoms with Crippen molar-refractivity contribution in [3.8, 4) is 0 Å². The number of rotatable bonds is 11. The number of anilines is 1. The number of hydrogen-bond donors (Lipinski definition) is 1. The number of likely N-dealkylation sites (N-methyl/N-ethyl adjacent to an activating group) is 1. The van der Waals surface area contributed by atoms with Crippen molar-refractivity contribution >= 4 is 43.5 Å². The van der Waals surface area contributed by atoms with Gasteiger partial charge in [0, 0.05) is 30.5 Å². The molecule has 0 radical (unpaired) electrons. The molecule has 0 aliphatic heterocycles. The summed E-state index contributed by atoms with van der Waals surface area (Å²) in [6, 6.07) is 12.6. The summed E-state index contributed by atoms with van der Waals surface area (Å²) in [6.45, 7) is 8.31. The van der Waals surface area contributed by atoms with Crippen molar-refractivity contribution in [1.29, 1.82) is 0 Å². The number of hydrogen-bond acceptors (Lipinski definition) is 4. The molecular formula is C25H34BrN3O4S. The number of aryl methyl sites for hydroxylation is 2. The summed E-state index contributed by atoms with van der Waals surface area (Å²) in [6.07, 6.45) is 1.62. The fraction of sp³-hybridized carbons (Fsp3) is 0.440. The molecule has 0 heterocycles. The second kappa shape index (κ2) is 12.4. The van der Waals surface area contributed by atoms with Crippen LogP contribution < -0.4 is 9.62 Å². The van der Waals surface area contributed by atoms with Crippen LogP contribution in [0.4, 0.5) is 5.69 Å². The molecule has 1 atom stereocenters. The molecule has 0 bridgehead atoms. The van der Waals surface area contributed by atoms with Gasteiger partial charge in [-0.3, -0.25) is 13.9 Å². The van der Waals surface area contributed by atoms with Crippen molar-refractivity contribution < 1.29 is 18.0 Å². The van der Waals surface area contributed by atoms with Gasteiger partial charge in [-0.1, -0.05) is 34.1 Å². The maximum Gasteiger partial charge on any atom is 0.242 e. The average Bonchev–Trinajstić information content (AvgIpc) is 2.73. The molecular weight excluding hydrogens is 518 g/mol. The van der Waals surface area contributed by atoms with Gasteiger partial charge in [0.1, 0.15) is 6.04 Å². The minimum atomic E-state index is -3.52. The second-order valence-corrected chi connectivity index (χ2v) is 11.3. The number of halogens is 1. The molecule has 0 saturated heterocycles. The molecule has 0 aromatic heterocycles. The van der Waals surface area contributed by atoms with E-state index in [-0.39, 0.29) is 31.3 Å². The van der Waals surface area contributed by atoms with Crippen LogP contribution >= 0.6 is 15.9 Å². The lowest BCUT2D eigenvalue weighted by molar-refractivity contribution is -0.140. The van der Waals surface area contributed by atoms with E-state index < -0.39 is 16.1 Å². The van der Waals surface area contributed by atoms with Gasteiger partial charge in [-0.25, -0.2) is 8.42 Å². The molecule has 9 heteroatoms. The number of carbonyl (C=O) groups is 2. The summed E-state index contributed by atoms with van der Waals surface area (Å²) in [5.74, 6) is -0.425. The predicted octanol–water partition coefficient (Wildman–Crippen LogP) is 4.17. The molecule has 7 nitrogen and oxygen atoms in total. The molecule has 2 rings (SSSR count). The first-order chi connectivity index (χ1) is 15.9. The number of benzene rings is 2. The van der Waals surface area contributed by atoms with Gasteiger partial charge in [0.25, 0.3) is 0 Å². The lowest BCUT2D eigenvalue weighted by atomic mass is 10.1. The van der Waals surface area contributed by atoms with Crippen molar-refractivity contribution in [1.82, 2.24) is 10.2 Å². The highest BCUT2D eigenvalue weighted by Gasteiger charge is 2.26. The van der Waals surface area contributed by atoms with Crippen LogP contribution in [0.25, 0.3) is 0 Å². The van der Waals surface area contributed by atoms with Crippen LogP contribution in [-0.2, 0) is 26.2 Å². The molecule has 34 heavy (non-hydrogen) atoms. The molecule has 1 N–H and O–H groups in total. The summed E-state index contributed by atoms with van der Waals surface area (Å²) in [4.78, 5) is 27.3. The third-order valence-corrected chi connectivity index (χ3v) is 7.09. The Morgan fingerprint density at radius 3 is 2.29 bits per heavy atom. The third kappa shape index (κ3) is 8.13. The van der Waals surface area contributed by atoms with Gasteiger partial charge in [0.15, 0.2) is 0 Å². The number of sulfonamides is 1. The Bertz CT molecular complexity index is 1100. The Morgan fingerprint density at radius 1 is 1.09 bits per heavy atom. The first kappa shape index (κ1) is 27.9. The molecule has 0 fully saturated rings. The zero-order chi connectivity index (χ0) is 25.5. The molecule has 0 unspecified atom stereocenters. The van der Waals surface area contributed by atoms with Crippen LogP contribution in [0.15, 0.2) is 46.9 Å². The molecule has 0 aliphatic rings. The van der Waals surface area contributed by atoms with Gasteiger partial charge < -0.3 is 10.2 Å². The quantitative estimate of drug-likeness (QED) is 0.454. The van der Waals surface area contributed by atoms with Crippen LogP contribution in [0.5, 0.6) is 0 Å². The third-order valence-electron chi connectivity index (χ3n) is 5.41. The van der Waals surface area contributed by atoms with Crippen molar-refractivity contribution in [2.45, 2.75) is 53.1 Å². The van der Waals surface area contributed by atoms with E-state index in [4.69, 9.17) is 0 Å². The van der Waals surface area contributed by atoms with Gasteiger partial charge in [0.2, 0.25) is 21.8 Å². The van der Waals surface area contributed by atoms with Crippen molar-refractivity contribution in [2.75, 3.05) is 23.7 Å². The largest absolute Gasteiger partial charge is 0.355 e. The SMILES string of the molecule is CCNC(=O)[C@@H](C)N(Cc1cccc(Br)c1)C(=O)CCCN(c1cc(C)cc(C)c1)S(C)(=O)=O. The maximum atomic E-state index is 13.2. The molecule has 0 saturated carbocycles. The van der Waals surface area contributed by atoms with Gasteiger partial charge >= 0.3 is 0 Å². The minimum absolute atomic E-state index is 0.120. The van der Waals surface area contributed by atoms with E-state index in [0.29, 0.717) is 18.7 Å². The van der Waals surface area contributed by atoms with Gasteiger partial charge in [-0.2, -0.15) is 0 Å². The van der Waals surface area contributed by atoms with Gasteiger partial charge in [-0.15, -0.1) is 0 Å².